The predicted octanol–water partition coefficient (Wildman–Crippen LogP) is 3.73. The Balaban J connectivity index is 1.82. The second kappa shape index (κ2) is 5.63. The minimum Gasteiger partial charge on any atom is -0.454 e. The van der Waals surface area contributed by atoms with Crippen molar-refractivity contribution in [3.8, 4) is 11.5 Å². The van der Waals surface area contributed by atoms with E-state index in [0.717, 1.165) is 29.0 Å². The number of hydrogen-bond acceptors (Lipinski definition) is 3. The van der Waals surface area contributed by atoms with Crippen molar-refractivity contribution in [3.63, 3.8) is 0 Å². The van der Waals surface area contributed by atoms with Crippen molar-refractivity contribution in [3.05, 3.63) is 58.3 Å². The zero-order valence-corrected chi connectivity index (χ0v) is 12.2. The summed E-state index contributed by atoms with van der Waals surface area (Å²) in [5.74, 6) is 1.13. The van der Waals surface area contributed by atoms with Crippen LogP contribution in [-0.2, 0) is 0 Å². The van der Waals surface area contributed by atoms with E-state index >= 15 is 0 Å². The van der Waals surface area contributed by atoms with E-state index in [2.05, 4.69) is 26.2 Å². The van der Waals surface area contributed by atoms with Gasteiger partial charge in [0.2, 0.25) is 0 Å². The lowest BCUT2D eigenvalue weighted by molar-refractivity contribution is 0.442. The van der Waals surface area contributed by atoms with Gasteiger partial charge in [-0.05, 0) is 42.5 Å². The lowest BCUT2D eigenvalue weighted by Gasteiger charge is -2.09. The van der Waals surface area contributed by atoms with Crippen molar-refractivity contribution >= 4 is 21.8 Å². The third-order valence-corrected chi connectivity index (χ3v) is 3.45. The van der Waals surface area contributed by atoms with Crippen molar-refractivity contribution < 1.29 is 9.13 Å². The monoisotopic (exact) mass is 334 g/mol. The van der Waals surface area contributed by atoms with Crippen molar-refractivity contribution in [2.24, 2.45) is 4.99 Å². The molecule has 0 spiro atoms. The van der Waals surface area contributed by atoms with Crippen LogP contribution in [0.4, 0.5) is 4.39 Å². The van der Waals surface area contributed by atoms with Gasteiger partial charge in [-0.25, -0.2) is 4.39 Å². The smallest absolute Gasteiger partial charge is 0.166 e. The summed E-state index contributed by atoms with van der Waals surface area (Å²) in [6.07, 6.45) is 0. The number of hydrogen-bond donors (Lipinski definition) is 1. The molecule has 0 atom stereocenters. The quantitative estimate of drug-likeness (QED) is 0.927. The van der Waals surface area contributed by atoms with E-state index in [1.54, 1.807) is 24.3 Å². The fraction of sp³-hybridized carbons (Fsp3) is 0.133. The molecule has 2 aromatic carbocycles. The van der Waals surface area contributed by atoms with Crippen molar-refractivity contribution in [1.82, 2.24) is 5.32 Å². The molecule has 20 heavy (non-hydrogen) atoms. The Bertz CT molecular complexity index is 655. The molecular weight excluding hydrogens is 323 g/mol. The molecule has 0 fully saturated rings. The van der Waals surface area contributed by atoms with Crippen LogP contribution in [-0.4, -0.2) is 18.9 Å². The van der Waals surface area contributed by atoms with E-state index in [9.17, 15) is 4.39 Å². The molecule has 3 rings (SSSR count). The van der Waals surface area contributed by atoms with Crippen LogP contribution in [0.3, 0.4) is 0 Å². The number of benzene rings is 2. The van der Waals surface area contributed by atoms with Gasteiger partial charge >= 0.3 is 0 Å². The third kappa shape index (κ3) is 2.82. The molecule has 2 aromatic rings. The lowest BCUT2D eigenvalue weighted by Crippen LogP contribution is -2.19. The number of ether oxygens (including phenoxy) is 1. The van der Waals surface area contributed by atoms with Gasteiger partial charge in [0.25, 0.3) is 0 Å². The first kappa shape index (κ1) is 13.1. The summed E-state index contributed by atoms with van der Waals surface area (Å²) < 4.78 is 20.5. The molecule has 0 amide bonds. The standard InChI is InChI=1S/C15H12BrFN2O/c16-11-2-4-12(5-3-11)20-14-6-1-10(9-13(14)17)15-18-7-8-19-15/h1-6,9H,7-8H2,(H,18,19). The predicted molar refractivity (Wildman–Crippen MR) is 80.0 cm³/mol. The fourth-order valence-corrected chi connectivity index (χ4v) is 2.22. The number of amidine groups is 1. The third-order valence-electron chi connectivity index (χ3n) is 2.92. The van der Waals surface area contributed by atoms with Gasteiger partial charge in [-0.1, -0.05) is 15.9 Å². The topological polar surface area (TPSA) is 33.6 Å². The van der Waals surface area contributed by atoms with E-state index in [1.165, 1.54) is 6.07 Å². The molecule has 0 unspecified atom stereocenters. The molecule has 102 valence electrons. The maximum atomic E-state index is 14.1. The molecule has 3 nitrogen and oxygen atoms in total. The SMILES string of the molecule is Fc1cc(C2=NCCN2)ccc1Oc1ccc(Br)cc1. The Hall–Kier alpha value is -1.88. The summed E-state index contributed by atoms with van der Waals surface area (Å²) in [7, 11) is 0. The zero-order chi connectivity index (χ0) is 13.9. The van der Waals surface area contributed by atoms with Crippen LogP contribution >= 0.6 is 15.9 Å². The first-order valence-electron chi connectivity index (χ1n) is 6.24. The van der Waals surface area contributed by atoms with E-state index in [1.807, 2.05) is 12.1 Å². The fourth-order valence-electron chi connectivity index (χ4n) is 1.95. The van der Waals surface area contributed by atoms with Crippen LogP contribution in [0.15, 0.2) is 51.9 Å². The number of aliphatic imine (C=N–C) groups is 1. The van der Waals surface area contributed by atoms with E-state index in [4.69, 9.17) is 4.74 Å². The highest BCUT2D eigenvalue weighted by molar-refractivity contribution is 9.10. The van der Waals surface area contributed by atoms with E-state index < -0.39 is 5.82 Å². The zero-order valence-electron chi connectivity index (χ0n) is 10.6. The Morgan fingerprint density at radius 3 is 2.60 bits per heavy atom. The van der Waals surface area contributed by atoms with Crippen LogP contribution < -0.4 is 10.1 Å². The summed E-state index contributed by atoms with van der Waals surface area (Å²) in [5, 5.41) is 3.11. The van der Waals surface area contributed by atoms with Crippen LogP contribution in [0.5, 0.6) is 11.5 Å². The highest BCUT2D eigenvalue weighted by Crippen LogP contribution is 2.26. The van der Waals surface area contributed by atoms with Crippen LogP contribution in [0.1, 0.15) is 5.56 Å². The normalized spacial score (nSPS) is 13.8. The molecule has 0 aromatic heterocycles. The summed E-state index contributed by atoms with van der Waals surface area (Å²) in [6, 6.07) is 12.1. The number of nitrogens with one attached hydrogen (secondary N) is 1. The van der Waals surface area contributed by atoms with Gasteiger partial charge in [-0.2, -0.15) is 0 Å². The lowest BCUT2D eigenvalue weighted by atomic mass is 10.2. The molecule has 0 bridgehead atoms. The minimum absolute atomic E-state index is 0.203. The van der Waals surface area contributed by atoms with Gasteiger partial charge in [0.05, 0.1) is 6.54 Å². The molecule has 0 saturated heterocycles. The molecule has 0 aliphatic carbocycles. The summed E-state index contributed by atoms with van der Waals surface area (Å²) in [4.78, 5) is 4.26. The molecule has 1 heterocycles. The average molecular weight is 335 g/mol. The molecule has 1 aliphatic rings. The Morgan fingerprint density at radius 2 is 1.95 bits per heavy atom. The highest BCUT2D eigenvalue weighted by atomic mass is 79.9. The second-order valence-corrected chi connectivity index (χ2v) is 5.27. The first-order valence-corrected chi connectivity index (χ1v) is 7.03. The summed E-state index contributed by atoms with van der Waals surface area (Å²) in [6.45, 7) is 1.53. The Kier molecular flexibility index (Phi) is 3.69. The summed E-state index contributed by atoms with van der Waals surface area (Å²) in [5.41, 5.74) is 0.739. The number of rotatable bonds is 3. The van der Waals surface area contributed by atoms with Gasteiger partial charge in [0.15, 0.2) is 11.6 Å². The van der Waals surface area contributed by atoms with Crippen molar-refractivity contribution in [2.75, 3.05) is 13.1 Å². The second-order valence-electron chi connectivity index (χ2n) is 4.36. The Morgan fingerprint density at radius 1 is 1.15 bits per heavy atom. The van der Waals surface area contributed by atoms with E-state index in [-0.39, 0.29) is 5.75 Å². The van der Waals surface area contributed by atoms with Crippen LogP contribution in [0.2, 0.25) is 0 Å². The van der Waals surface area contributed by atoms with Gasteiger partial charge in [-0.3, -0.25) is 4.99 Å². The molecular formula is C15H12BrFN2O. The molecule has 1 aliphatic heterocycles. The highest BCUT2D eigenvalue weighted by Gasteiger charge is 2.12. The molecule has 0 saturated carbocycles. The van der Waals surface area contributed by atoms with Gasteiger partial charge in [-0.15, -0.1) is 0 Å². The van der Waals surface area contributed by atoms with Gasteiger partial charge < -0.3 is 10.1 Å². The first-order chi connectivity index (χ1) is 9.72. The van der Waals surface area contributed by atoms with E-state index in [0.29, 0.717) is 5.75 Å². The summed E-state index contributed by atoms with van der Waals surface area (Å²) >= 11 is 3.34. The van der Waals surface area contributed by atoms with Crippen molar-refractivity contribution in [1.29, 1.82) is 0 Å². The molecule has 1 N–H and O–H groups in total. The van der Waals surface area contributed by atoms with Gasteiger partial charge in [0, 0.05) is 16.6 Å². The van der Waals surface area contributed by atoms with Crippen molar-refractivity contribution in [2.45, 2.75) is 0 Å². The Labute approximate surface area is 124 Å². The van der Waals surface area contributed by atoms with Gasteiger partial charge in [0.1, 0.15) is 11.6 Å². The minimum atomic E-state index is -0.401. The molecule has 5 heteroatoms. The maximum absolute atomic E-state index is 14.1. The van der Waals surface area contributed by atoms with Crippen LogP contribution in [0.25, 0.3) is 0 Å². The van der Waals surface area contributed by atoms with Crippen LogP contribution in [0, 0.1) is 5.82 Å². The number of halogens is 2. The number of nitrogens with zero attached hydrogens (tertiary/aromatic N) is 1. The maximum Gasteiger partial charge on any atom is 0.166 e. The molecule has 0 radical (unpaired) electrons. The average Bonchev–Trinajstić information content (AvgIpc) is 2.97. The largest absolute Gasteiger partial charge is 0.454 e.